The van der Waals surface area contributed by atoms with Gasteiger partial charge in [0.1, 0.15) is 18.8 Å². The summed E-state index contributed by atoms with van der Waals surface area (Å²) in [6.07, 6.45) is 57.9. The van der Waals surface area contributed by atoms with Crippen molar-refractivity contribution in [1.82, 2.24) is 0 Å². The first kappa shape index (κ1) is 70.4. The number of carboxylic acids is 1. The standard InChI is InChI=1S/C65H104O12/c1-4-7-10-13-16-19-22-25-27-28-29-30-32-34-36-39-42-45-48-51-57(66)73-54-56(75-58(67)52-49-46-43-40-38-35-31-26-23-20-17-14-11-8-5-2)55-74-65-63(61(70)60(69)62(77-65)64(71)72)76-59(68)53-50-47-44-41-37-33-24-21-18-15-12-9-6-3/h7,9-10,12,16,18-19,21,25,27,29-30,33-34,36-37,44,47,56,60-63,65,69-70H,4-6,8,11,13-15,17,20,22-24,26,28,31-32,35,38-43,45-46,48-55H2,1-3H3,(H,71,72)/b10-7-,12-9-,19-16-,21-18-,27-25-,30-29-,36-34-,37-33-,47-44-. The molecule has 12 nitrogen and oxygen atoms in total. The van der Waals surface area contributed by atoms with E-state index >= 15 is 0 Å². The Balaban J connectivity index is 2.74. The van der Waals surface area contributed by atoms with Crippen molar-refractivity contribution in [2.75, 3.05) is 13.2 Å². The minimum absolute atomic E-state index is 0.0680. The molecule has 1 fully saturated rings. The van der Waals surface area contributed by atoms with Crippen LogP contribution < -0.4 is 0 Å². The van der Waals surface area contributed by atoms with Crippen molar-refractivity contribution in [3.05, 3.63) is 109 Å². The van der Waals surface area contributed by atoms with Crippen LogP contribution in [0.15, 0.2) is 109 Å². The third-order valence-electron chi connectivity index (χ3n) is 12.9. The van der Waals surface area contributed by atoms with Gasteiger partial charge in [-0.05, 0) is 89.9 Å². The highest BCUT2D eigenvalue weighted by atomic mass is 16.7. The zero-order valence-corrected chi connectivity index (χ0v) is 47.9. The molecule has 3 N–H and O–H groups in total. The van der Waals surface area contributed by atoms with Crippen molar-refractivity contribution in [3.63, 3.8) is 0 Å². The van der Waals surface area contributed by atoms with Crippen molar-refractivity contribution in [2.24, 2.45) is 0 Å². The number of ether oxygens (including phenoxy) is 5. The van der Waals surface area contributed by atoms with Crippen LogP contribution in [-0.4, -0.2) is 89.2 Å². The van der Waals surface area contributed by atoms with Crippen LogP contribution >= 0.6 is 0 Å². The molecule has 6 atom stereocenters. The molecule has 1 aliphatic heterocycles. The average molecular weight is 1080 g/mol. The Morgan fingerprint density at radius 3 is 1.30 bits per heavy atom. The van der Waals surface area contributed by atoms with Gasteiger partial charge >= 0.3 is 23.9 Å². The molecule has 1 heterocycles. The number of hydrogen-bond donors (Lipinski definition) is 3. The van der Waals surface area contributed by atoms with E-state index in [0.29, 0.717) is 25.7 Å². The second-order valence-electron chi connectivity index (χ2n) is 19.9. The first-order chi connectivity index (χ1) is 37.6. The number of carbonyl (C=O) groups is 4. The van der Waals surface area contributed by atoms with Crippen molar-refractivity contribution >= 4 is 23.9 Å². The van der Waals surface area contributed by atoms with E-state index in [1.165, 1.54) is 70.6 Å². The van der Waals surface area contributed by atoms with Gasteiger partial charge in [0.25, 0.3) is 0 Å². The Morgan fingerprint density at radius 1 is 0.442 bits per heavy atom. The van der Waals surface area contributed by atoms with Crippen LogP contribution in [0, 0.1) is 0 Å². The van der Waals surface area contributed by atoms with Gasteiger partial charge in [-0.2, -0.15) is 0 Å². The predicted molar refractivity (Wildman–Crippen MR) is 312 cm³/mol. The van der Waals surface area contributed by atoms with Crippen LogP contribution in [0.2, 0.25) is 0 Å². The van der Waals surface area contributed by atoms with Gasteiger partial charge in [-0.1, -0.05) is 226 Å². The Kier molecular flexibility index (Phi) is 47.6. The summed E-state index contributed by atoms with van der Waals surface area (Å²) in [6, 6.07) is 0. The maximum absolute atomic E-state index is 13.2. The van der Waals surface area contributed by atoms with E-state index in [4.69, 9.17) is 23.7 Å². The molecule has 0 aliphatic carbocycles. The zero-order valence-electron chi connectivity index (χ0n) is 47.9. The number of hydrogen-bond acceptors (Lipinski definition) is 11. The summed E-state index contributed by atoms with van der Waals surface area (Å²) in [5.41, 5.74) is 0. The van der Waals surface area contributed by atoms with Gasteiger partial charge < -0.3 is 39.0 Å². The van der Waals surface area contributed by atoms with Crippen LogP contribution in [0.4, 0.5) is 0 Å². The highest BCUT2D eigenvalue weighted by Gasteiger charge is 2.50. The van der Waals surface area contributed by atoms with Crippen molar-refractivity contribution in [2.45, 2.75) is 263 Å². The molecule has 6 unspecified atom stereocenters. The van der Waals surface area contributed by atoms with Gasteiger partial charge in [-0.15, -0.1) is 0 Å². The Bertz CT molecular complexity index is 1750. The van der Waals surface area contributed by atoms with E-state index < -0.39 is 67.3 Å². The fraction of sp³-hybridized carbons (Fsp3) is 0.662. The fourth-order valence-electron chi connectivity index (χ4n) is 8.35. The number of aliphatic hydroxyl groups excluding tert-OH is 2. The molecule has 1 aliphatic rings. The molecule has 0 bridgehead atoms. The molecule has 0 radical (unpaired) electrons. The minimum atomic E-state index is -1.93. The Hall–Kier alpha value is -4.62. The molecular formula is C65H104O12. The topological polar surface area (TPSA) is 175 Å². The zero-order chi connectivity index (χ0) is 56.1. The number of carbonyl (C=O) groups excluding carboxylic acids is 3. The lowest BCUT2D eigenvalue weighted by atomic mass is 9.98. The number of unbranched alkanes of at least 4 members (excludes halogenated alkanes) is 17. The summed E-state index contributed by atoms with van der Waals surface area (Å²) in [5, 5.41) is 31.4. The van der Waals surface area contributed by atoms with Gasteiger partial charge in [0.05, 0.1) is 6.61 Å². The van der Waals surface area contributed by atoms with E-state index in [2.05, 4.69) is 112 Å². The van der Waals surface area contributed by atoms with Gasteiger partial charge in [-0.25, -0.2) is 4.79 Å². The molecule has 0 saturated carbocycles. The Morgan fingerprint density at radius 2 is 0.844 bits per heavy atom. The predicted octanol–water partition coefficient (Wildman–Crippen LogP) is 15.4. The number of carboxylic acid groups (broad SMARTS) is 1. The van der Waals surface area contributed by atoms with Crippen molar-refractivity contribution in [1.29, 1.82) is 0 Å². The second-order valence-corrected chi connectivity index (χ2v) is 19.9. The summed E-state index contributed by atoms with van der Waals surface area (Å²) >= 11 is 0. The summed E-state index contributed by atoms with van der Waals surface area (Å²) in [7, 11) is 0. The molecule has 1 rings (SSSR count). The molecular weight excluding hydrogens is 973 g/mol. The molecule has 0 aromatic heterocycles. The smallest absolute Gasteiger partial charge is 0.335 e. The van der Waals surface area contributed by atoms with E-state index in [1.807, 2.05) is 18.2 Å². The second kappa shape index (κ2) is 52.1. The number of allylic oxidation sites excluding steroid dienone is 18. The number of aliphatic hydroxyl groups is 2. The molecule has 0 aromatic rings. The average Bonchev–Trinajstić information content (AvgIpc) is 3.42. The minimum Gasteiger partial charge on any atom is -0.479 e. The quantitative estimate of drug-likeness (QED) is 0.0228. The number of rotatable bonds is 49. The van der Waals surface area contributed by atoms with Crippen LogP contribution in [0.3, 0.4) is 0 Å². The van der Waals surface area contributed by atoms with Gasteiger partial charge in [0.15, 0.2) is 24.6 Å². The first-order valence-corrected chi connectivity index (χ1v) is 29.9. The highest BCUT2D eigenvalue weighted by Crippen LogP contribution is 2.26. The third-order valence-corrected chi connectivity index (χ3v) is 12.9. The highest BCUT2D eigenvalue weighted by molar-refractivity contribution is 5.74. The van der Waals surface area contributed by atoms with E-state index in [-0.39, 0.29) is 25.9 Å². The largest absolute Gasteiger partial charge is 0.479 e. The lowest BCUT2D eigenvalue weighted by Crippen LogP contribution is -2.61. The van der Waals surface area contributed by atoms with Crippen LogP contribution in [0.5, 0.6) is 0 Å². The normalized spacial score (nSPS) is 18.8. The monoisotopic (exact) mass is 1080 g/mol. The number of aliphatic carboxylic acids is 1. The summed E-state index contributed by atoms with van der Waals surface area (Å²) in [5.74, 6) is -3.27. The van der Waals surface area contributed by atoms with Gasteiger partial charge in [0, 0.05) is 19.3 Å². The molecule has 1 saturated heterocycles. The van der Waals surface area contributed by atoms with Gasteiger partial charge in [0.2, 0.25) is 0 Å². The van der Waals surface area contributed by atoms with Crippen LogP contribution in [-0.2, 0) is 42.9 Å². The maximum atomic E-state index is 13.2. The molecule has 0 amide bonds. The summed E-state index contributed by atoms with van der Waals surface area (Å²) < 4.78 is 28.3. The molecule has 436 valence electrons. The summed E-state index contributed by atoms with van der Waals surface area (Å²) in [6.45, 7) is 5.70. The lowest BCUT2D eigenvalue weighted by molar-refractivity contribution is -0.301. The van der Waals surface area contributed by atoms with Crippen LogP contribution in [0.1, 0.15) is 226 Å². The lowest BCUT2D eigenvalue weighted by Gasteiger charge is -2.40. The molecule has 77 heavy (non-hydrogen) atoms. The Labute approximate surface area is 465 Å². The van der Waals surface area contributed by atoms with E-state index in [0.717, 1.165) is 89.9 Å². The maximum Gasteiger partial charge on any atom is 0.335 e. The third kappa shape index (κ3) is 42.1. The van der Waals surface area contributed by atoms with Crippen LogP contribution in [0.25, 0.3) is 0 Å². The van der Waals surface area contributed by atoms with Gasteiger partial charge in [-0.3, -0.25) is 14.4 Å². The van der Waals surface area contributed by atoms with Crippen molar-refractivity contribution in [3.8, 4) is 0 Å². The first-order valence-electron chi connectivity index (χ1n) is 29.9. The molecule has 0 spiro atoms. The van der Waals surface area contributed by atoms with E-state index in [1.54, 1.807) is 0 Å². The SMILES string of the molecule is CC/C=C\C/C=C\C/C=C\C/C=C\C/C=C\CCCCCC(=O)OCC(COC1OC(C(=O)O)C(O)C(O)C1OC(=O)CC/C=C\C/C=C\C/C=C\C/C=C\CC)OC(=O)CCCCCCCCCCCCCCCCC. The number of esters is 3. The summed E-state index contributed by atoms with van der Waals surface area (Å²) in [4.78, 5) is 51.1. The fourth-order valence-corrected chi connectivity index (χ4v) is 8.35. The van der Waals surface area contributed by atoms with Crippen molar-refractivity contribution < 1.29 is 58.2 Å². The molecule has 0 aromatic carbocycles. The van der Waals surface area contributed by atoms with E-state index in [9.17, 15) is 34.5 Å². The molecule has 12 heteroatoms.